The zero-order valence-electron chi connectivity index (χ0n) is 16.2. The number of nitrogens with zero attached hydrogens (tertiary/aromatic N) is 4. The van der Waals surface area contributed by atoms with E-state index in [4.69, 9.17) is 0 Å². The van der Waals surface area contributed by atoms with Crippen molar-refractivity contribution in [3.63, 3.8) is 0 Å². The molecule has 0 saturated heterocycles. The van der Waals surface area contributed by atoms with E-state index >= 15 is 0 Å². The van der Waals surface area contributed by atoms with Crippen molar-refractivity contribution in [2.75, 3.05) is 5.32 Å². The molecule has 0 atom stereocenters. The Morgan fingerprint density at radius 3 is 2.64 bits per heavy atom. The summed E-state index contributed by atoms with van der Waals surface area (Å²) in [5.41, 5.74) is 1.20. The van der Waals surface area contributed by atoms with Gasteiger partial charge in [-0.25, -0.2) is 14.6 Å². The molecular formula is C19H22N6O2S. The second-order valence-electron chi connectivity index (χ2n) is 7.37. The number of aryl methyl sites for hydroxylation is 1. The number of hydrogen-bond donors (Lipinski definition) is 2. The fourth-order valence-electron chi connectivity index (χ4n) is 2.31. The van der Waals surface area contributed by atoms with E-state index < -0.39 is 5.41 Å². The van der Waals surface area contributed by atoms with Crippen LogP contribution in [0, 0.1) is 12.3 Å². The van der Waals surface area contributed by atoms with Crippen molar-refractivity contribution in [1.29, 1.82) is 0 Å². The van der Waals surface area contributed by atoms with Gasteiger partial charge in [0.25, 0.3) is 5.91 Å². The van der Waals surface area contributed by atoms with Crippen molar-refractivity contribution in [3.05, 3.63) is 53.1 Å². The van der Waals surface area contributed by atoms with Gasteiger partial charge in [-0.3, -0.25) is 9.59 Å². The number of carbonyl (C=O) groups excluding carboxylic acids is 2. The first-order chi connectivity index (χ1) is 13.2. The molecule has 0 fully saturated rings. The molecule has 28 heavy (non-hydrogen) atoms. The Morgan fingerprint density at radius 2 is 2.04 bits per heavy atom. The van der Waals surface area contributed by atoms with Crippen LogP contribution in [0.15, 0.2) is 37.1 Å². The van der Waals surface area contributed by atoms with Crippen molar-refractivity contribution < 1.29 is 9.59 Å². The van der Waals surface area contributed by atoms with Crippen LogP contribution in [-0.2, 0) is 11.3 Å². The molecule has 0 aliphatic carbocycles. The first-order valence-electron chi connectivity index (χ1n) is 8.74. The third kappa shape index (κ3) is 4.61. The number of hydrogen-bond acceptors (Lipinski definition) is 6. The number of thiophene rings is 1. The zero-order chi connectivity index (χ0) is 20.3. The van der Waals surface area contributed by atoms with Crippen LogP contribution in [0.4, 0.5) is 5.00 Å². The Bertz CT molecular complexity index is 971. The van der Waals surface area contributed by atoms with Crippen LogP contribution < -0.4 is 10.6 Å². The highest BCUT2D eigenvalue weighted by Gasteiger charge is 2.23. The van der Waals surface area contributed by atoms with Crippen molar-refractivity contribution >= 4 is 28.2 Å². The number of rotatable bonds is 5. The lowest BCUT2D eigenvalue weighted by molar-refractivity contribution is -0.123. The minimum absolute atomic E-state index is 0.0840. The summed E-state index contributed by atoms with van der Waals surface area (Å²) >= 11 is 1.27. The zero-order valence-corrected chi connectivity index (χ0v) is 17.0. The van der Waals surface area contributed by atoms with Gasteiger partial charge >= 0.3 is 0 Å². The summed E-state index contributed by atoms with van der Waals surface area (Å²) in [4.78, 5) is 33.4. The maximum absolute atomic E-state index is 12.5. The van der Waals surface area contributed by atoms with E-state index in [0.29, 0.717) is 22.2 Å². The van der Waals surface area contributed by atoms with E-state index in [9.17, 15) is 9.59 Å². The number of anilines is 1. The Balaban J connectivity index is 1.61. The minimum atomic E-state index is -0.494. The average Bonchev–Trinajstić information content (AvgIpc) is 3.29. The maximum atomic E-state index is 12.5. The van der Waals surface area contributed by atoms with E-state index in [-0.39, 0.29) is 11.8 Å². The maximum Gasteiger partial charge on any atom is 0.261 e. The molecule has 0 aliphatic heterocycles. The first-order valence-corrected chi connectivity index (χ1v) is 9.56. The van der Waals surface area contributed by atoms with Gasteiger partial charge in [0.05, 0.1) is 9.88 Å². The van der Waals surface area contributed by atoms with Gasteiger partial charge in [0.2, 0.25) is 5.91 Å². The lowest BCUT2D eigenvalue weighted by atomic mass is 9.96. The highest BCUT2D eigenvalue weighted by molar-refractivity contribution is 7.18. The summed E-state index contributed by atoms with van der Waals surface area (Å²) in [5, 5.41) is 10.4. The lowest BCUT2D eigenvalue weighted by Gasteiger charge is -2.16. The van der Waals surface area contributed by atoms with Gasteiger partial charge in [-0.2, -0.15) is 5.10 Å². The van der Waals surface area contributed by atoms with Gasteiger partial charge in [0.15, 0.2) is 5.82 Å². The van der Waals surface area contributed by atoms with Crippen LogP contribution >= 0.6 is 11.3 Å². The quantitative estimate of drug-likeness (QED) is 0.688. The van der Waals surface area contributed by atoms with E-state index in [1.54, 1.807) is 17.2 Å². The SMILES string of the molecule is Cc1cc(NC(=O)C(C)(C)C)sc1C(=O)NCc1ccc(-n2cncn2)nc1. The monoisotopic (exact) mass is 398 g/mol. The number of carbonyl (C=O) groups is 2. The fraction of sp³-hybridized carbons (Fsp3) is 0.316. The van der Waals surface area contributed by atoms with E-state index in [0.717, 1.165) is 11.1 Å². The predicted molar refractivity (Wildman–Crippen MR) is 107 cm³/mol. The van der Waals surface area contributed by atoms with Crippen molar-refractivity contribution in [1.82, 2.24) is 25.1 Å². The second-order valence-corrected chi connectivity index (χ2v) is 8.43. The van der Waals surface area contributed by atoms with Crippen LogP contribution in [-0.4, -0.2) is 31.6 Å². The van der Waals surface area contributed by atoms with Gasteiger partial charge in [-0.15, -0.1) is 11.3 Å². The fourth-order valence-corrected chi connectivity index (χ4v) is 3.30. The molecule has 2 amide bonds. The summed E-state index contributed by atoms with van der Waals surface area (Å²) in [7, 11) is 0. The van der Waals surface area contributed by atoms with Gasteiger partial charge < -0.3 is 10.6 Å². The molecule has 0 unspecified atom stereocenters. The second kappa shape index (κ2) is 7.89. The Labute approximate surface area is 167 Å². The molecule has 0 radical (unpaired) electrons. The summed E-state index contributed by atoms with van der Waals surface area (Å²) < 4.78 is 1.56. The van der Waals surface area contributed by atoms with Crippen LogP contribution in [0.2, 0.25) is 0 Å². The molecule has 8 nitrogen and oxygen atoms in total. The molecule has 0 aliphatic rings. The highest BCUT2D eigenvalue weighted by Crippen LogP contribution is 2.28. The number of nitrogens with one attached hydrogen (secondary N) is 2. The molecule has 3 heterocycles. The molecule has 3 aromatic heterocycles. The van der Waals surface area contributed by atoms with Gasteiger partial charge in [-0.05, 0) is 30.2 Å². The Hall–Kier alpha value is -3.07. The van der Waals surface area contributed by atoms with Crippen molar-refractivity contribution in [2.45, 2.75) is 34.2 Å². The number of aromatic nitrogens is 4. The first kappa shape index (κ1) is 19.7. The molecule has 0 bridgehead atoms. The third-order valence-corrected chi connectivity index (χ3v) is 5.11. The van der Waals surface area contributed by atoms with Gasteiger partial charge in [0, 0.05) is 18.2 Å². The van der Waals surface area contributed by atoms with Crippen LogP contribution in [0.1, 0.15) is 41.6 Å². The van der Waals surface area contributed by atoms with Crippen molar-refractivity contribution in [3.8, 4) is 5.82 Å². The molecule has 0 spiro atoms. The Kier molecular flexibility index (Phi) is 5.55. The largest absolute Gasteiger partial charge is 0.347 e. The molecule has 3 rings (SSSR count). The molecular weight excluding hydrogens is 376 g/mol. The van der Waals surface area contributed by atoms with Gasteiger partial charge in [-0.1, -0.05) is 26.8 Å². The van der Waals surface area contributed by atoms with Crippen LogP contribution in [0.3, 0.4) is 0 Å². The highest BCUT2D eigenvalue weighted by atomic mass is 32.1. The summed E-state index contributed by atoms with van der Waals surface area (Å²) in [6, 6.07) is 5.50. The molecule has 0 saturated carbocycles. The van der Waals surface area contributed by atoms with E-state index in [1.807, 2.05) is 45.9 Å². The third-order valence-electron chi connectivity index (χ3n) is 3.96. The standard InChI is InChI=1S/C19H22N6O2S/c1-12-7-15(24-18(27)19(2,3)4)28-16(12)17(26)22-9-13-5-6-14(21-8-13)25-11-20-10-23-25/h5-8,10-11H,9H2,1-4H3,(H,22,26)(H,24,27). The average molecular weight is 398 g/mol. The van der Waals surface area contributed by atoms with Gasteiger partial charge in [0.1, 0.15) is 12.7 Å². The molecule has 146 valence electrons. The molecule has 3 aromatic rings. The van der Waals surface area contributed by atoms with E-state index in [2.05, 4.69) is 25.7 Å². The minimum Gasteiger partial charge on any atom is -0.347 e. The lowest BCUT2D eigenvalue weighted by Crippen LogP contribution is -2.27. The number of amides is 2. The Morgan fingerprint density at radius 1 is 1.25 bits per heavy atom. The van der Waals surface area contributed by atoms with E-state index in [1.165, 1.54) is 17.7 Å². The van der Waals surface area contributed by atoms with Crippen LogP contribution in [0.5, 0.6) is 0 Å². The topological polar surface area (TPSA) is 102 Å². The predicted octanol–water partition coefficient (Wildman–Crippen LogP) is 2.95. The smallest absolute Gasteiger partial charge is 0.261 e. The summed E-state index contributed by atoms with van der Waals surface area (Å²) in [6.45, 7) is 7.74. The summed E-state index contributed by atoms with van der Waals surface area (Å²) in [6.07, 6.45) is 4.70. The summed E-state index contributed by atoms with van der Waals surface area (Å²) in [5.74, 6) is 0.388. The number of pyridine rings is 1. The molecule has 2 N–H and O–H groups in total. The molecule has 0 aromatic carbocycles. The van der Waals surface area contributed by atoms with Crippen LogP contribution in [0.25, 0.3) is 5.82 Å². The molecule has 9 heteroatoms. The van der Waals surface area contributed by atoms with Crippen molar-refractivity contribution in [2.24, 2.45) is 5.41 Å². The normalized spacial score (nSPS) is 11.3.